The molecular formula is C29H32N10O. The van der Waals surface area contributed by atoms with E-state index < -0.39 is 0 Å². The first kappa shape index (κ1) is 26.6. The number of benzene rings is 1. The van der Waals surface area contributed by atoms with Crippen molar-refractivity contribution in [2.24, 2.45) is 7.05 Å². The Morgan fingerprint density at radius 1 is 1.05 bits per heavy atom. The summed E-state index contributed by atoms with van der Waals surface area (Å²) < 4.78 is 1.75. The molecule has 1 aliphatic rings. The van der Waals surface area contributed by atoms with Gasteiger partial charge in [-0.3, -0.25) is 9.58 Å². The number of rotatable bonds is 8. The summed E-state index contributed by atoms with van der Waals surface area (Å²) in [7, 11) is 3.61. The average molecular weight is 537 g/mol. The molecule has 0 aliphatic heterocycles. The van der Waals surface area contributed by atoms with E-state index in [1.807, 2.05) is 55.7 Å². The number of anilines is 3. The first-order valence-corrected chi connectivity index (χ1v) is 13.3. The molecule has 1 aromatic carbocycles. The van der Waals surface area contributed by atoms with Gasteiger partial charge in [-0.15, -0.1) is 0 Å². The standard InChI is InChI=1S/C29H32N10O/c1-31-27-22(14-30)17-33-28(37-27)36-24-9-11-25(12-10-24)39(29(40)34-15-20-6-4-3-5-7-20)26-13-8-21(16-32-26)23-18-35-38(2)19-23/h3-8,13,16-19,24-25H,9-12,15H2,1-2H3,(H,34,40)(H2,31,33,36,37)/t24-,25-. The number of pyridine rings is 1. The minimum atomic E-state index is -0.170. The van der Waals surface area contributed by atoms with E-state index >= 15 is 0 Å². The van der Waals surface area contributed by atoms with Gasteiger partial charge in [-0.2, -0.15) is 15.3 Å². The quantitative estimate of drug-likeness (QED) is 0.303. The second kappa shape index (κ2) is 12.3. The highest BCUT2D eigenvalue weighted by atomic mass is 16.2. The number of carbonyl (C=O) groups excluding carboxylic acids is 1. The van der Waals surface area contributed by atoms with Crippen LogP contribution < -0.4 is 20.9 Å². The molecule has 3 aromatic heterocycles. The number of nitrogens with one attached hydrogen (secondary N) is 3. The molecule has 204 valence electrons. The third-order valence-electron chi connectivity index (χ3n) is 7.08. The molecule has 0 unspecified atom stereocenters. The smallest absolute Gasteiger partial charge is 0.323 e. The molecule has 5 rings (SSSR count). The highest BCUT2D eigenvalue weighted by molar-refractivity contribution is 5.91. The van der Waals surface area contributed by atoms with Crippen LogP contribution in [0.1, 0.15) is 36.8 Å². The Hall–Kier alpha value is -4.98. The topological polar surface area (TPSA) is 137 Å². The van der Waals surface area contributed by atoms with Crippen molar-refractivity contribution < 1.29 is 4.79 Å². The van der Waals surface area contributed by atoms with E-state index in [2.05, 4.69) is 37.1 Å². The van der Waals surface area contributed by atoms with E-state index in [4.69, 9.17) is 4.98 Å². The van der Waals surface area contributed by atoms with Crippen molar-refractivity contribution in [3.63, 3.8) is 0 Å². The first-order valence-electron chi connectivity index (χ1n) is 13.3. The van der Waals surface area contributed by atoms with E-state index in [0.29, 0.717) is 29.7 Å². The lowest BCUT2D eigenvalue weighted by atomic mass is 9.90. The van der Waals surface area contributed by atoms with Crippen LogP contribution in [0.4, 0.5) is 22.4 Å². The van der Waals surface area contributed by atoms with E-state index in [1.54, 1.807) is 29.0 Å². The molecule has 1 aliphatic carbocycles. The second-order valence-corrected chi connectivity index (χ2v) is 9.79. The first-order chi connectivity index (χ1) is 19.5. The summed E-state index contributed by atoms with van der Waals surface area (Å²) in [5.41, 5.74) is 3.35. The molecule has 11 nitrogen and oxygen atoms in total. The van der Waals surface area contributed by atoms with Gasteiger partial charge in [0.15, 0.2) is 0 Å². The number of carbonyl (C=O) groups is 1. The molecule has 2 amide bonds. The molecule has 11 heteroatoms. The minimum absolute atomic E-state index is 0.0136. The Labute approximate surface area is 233 Å². The third kappa shape index (κ3) is 6.18. The zero-order chi connectivity index (χ0) is 27.9. The van der Waals surface area contributed by atoms with Crippen molar-refractivity contribution >= 4 is 23.6 Å². The monoisotopic (exact) mass is 536 g/mol. The van der Waals surface area contributed by atoms with Crippen LogP contribution in [0, 0.1) is 11.3 Å². The molecule has 3 heterocycles. The van der Waals surface area contributed by atoms with Crippen LogP contribution in [0.25, 0.3) is 11.1 Å². The fourth-order valence-corrected chi connectivity index (χ4v) is 4.97. The van der Waals surface area contributed by atoms with Gasteiger partial charge >= 0.3 is 6.03 Å². The third-order valence-corrected chi connectivity index (χ3v) is 7.08. The lowest BCUT2D eigenvalue weighted by molar-refractivity contribution is 0.240. The Morgan fingerprint density at radius 3 is 2.50 bits per heavy atom. The number of aromatic nitrogens is 5. The molecule has 0 bridgehead atoms. The van der Waals surface area contributed by atoms with E-state index in [0.717, 1.165) is 42.4 Å². The predicted molar refractivity (Wildman–Crippen MR) is 154 cm³/mol. The van der Waals surface area contributed by atoms with E-state index in [9.17, 15) is 10.1 Å². The van der Waals surface area contributed by atoms with Crippen LogP contribution in [-0.4, -0.2) is 49.9 Å². The normalized spacial score (nSPS) is 16.5. The minimum Gasteiger partial charge on any atom is -0.372 e. The zero-order valence-corrected chi connectivity index (χ0v) is 22.6. The maximum atomic E-state index is 13.6. The number of urea groups is 1. The largest absolute Gasteiger partial charge is 0.372 e. The number of nitriles is 1. The molecule has 4 aromatic rings. The Bertz CT molecular complexity index is 1470. The summed E-state index contributed by atoms with van der Waals surface area (Å²) in [6.45, 7) is 0.435. The lowest BCUT2D eigenvalue weighted by Gasteiger charge is -2.36. The van der Waals surface area contributed by atoms with Crippen molar-refractivity contribution in [3.8, 4) is 17.2 Å². The maximum absolute atomic E-state index is 13.6. The Morgan fingerprint density at radius 2 is 1.85 bits per heavy atom. The van der Waals surface area contributed by atoms with Crippen molar-refractivity contribution in [3.05, 3.63) is 78.4 Å². The SMILES string of the molecule is CNc1nc(N[C@H]2CC[C@H](N(C(=O)NCc3ccccc3)c3ccc(-c4cnn(C)c4)cn3)CC2)ncc1C#N. The van der Waals surface area contributed by atoms with Crippen LogP contribution in [0.5, 0.6) is 0 Å². The Kier molecular flexibility index (Phi) is 8.15. The van der Waals surface area contributed by atoms with Gasteiger partial charge in [0, 0.05) is 56.2 Å². The number of amides is 2. The molecule has 0 saturated heterocycles. The summed E-state index contributed by atoms with van der Waals surface area (Å²) >= 11 is 0. The van der Waals surface area contributed by atoms with Crippen LogP contribution in [-0.2, 0) is 13.6 Å². The van der Waals surface area contributed by atoms with E-state index in [-0.39, 0.29) is 18.1 Å². The number of hydrogen-bond acceptors (Lipinski definition) is 8. The van der Waals surface area contributed by atoms with Gasteiger partial charge in [0.1, 0.15) is 23.3 Å². The average Bonchev–Trinajstić information content (AvgIpc) is 3.44. The molecular weight excluding hydrogens is 504 g/mol. The summed E-state index contributed by atoms with van der Waals surface area (Å²) in [6, 6.07) is 15.8. The molecule has 3 N–H and O–H groups in total. The maximum Gasteiger partial charge on any atom is 0.323 e. The summed E-state index contributed by atoms with van der Waals surface area (Å²) in [4.78, 5) is 28.8. The molecule has 1 saturated carbocycles. The van der Waals surface area contributed by atoms with E-state index in [1.165, 1.54) is 6.20 Å². The van der Waals surface area contributed by atoms with Crippen LogP contribution in [0.3, 0.4) is 0 Å². The van der Waals surface area contributed by atoms with Gasteiger partial charge in [0.2, 0.25) is 5.95 Å². The van der Waals surface area contributed by atoms with Gasteiger partial charge in [-0.1, -0.05) is 30.3 Å². The molecule has 0 radical (unpaired) electrons. The van der Waals surface area contributed by atoms with Gasteiger partial charge in [0.25, 0.3) is 0 Å². The zero-order valence-electron chi connectivity index (χ0n) is 22.6. The Balaban J connectivity index is 1.30. The highest BCUT2D eigenvalue weighted by Gasteiger charge is 2.31. The summed E-state index contributed by atoms with van der Waals surface area (Å²) in [5.74, 6) is 1.59. The van der Waals surface area contributed by atoms with Crippen LogP contribution in [0.15, 0.2) is 67.3 Å². The highest BCUT2D eigenvalue weighted by Crippen LogP contribution is 2.29. The summed E-state index contributed by atoms with van der Waals surface area (Å²) in [5, 5.41) is 22.9. The number of hydrogen-bond donors (Lipinski definition) is 3. The van der Waals surface area contributed by atoms with Crippen molar-refractivity contribution in [2.45, 2.75) is 44.3 Å². The van der Waals surface area contributed by atoms with Gasteiger partial charge in [0.05, 0.1) is 12.4 Å². The molecule has 40 heavy (non-hydrogen) atoms. The second-order valence-electron chi connectivity index (χ2n) is 9.79. The van der Waals surface area contributed by atoms with Crippen LogP contribution >= 0.6 is 0 Å². The molecule has 1 fully saturated rings. The lowest BCUT2D eigenvalue weighted by Crippen LogP contribution is -2.49. The van der Waals surface area contributed by atoms with Gasteiger partial charge in [-0.25, -0.2) is 14.8 Å². The predicted octanol–water partition coefficient (Wildman–Crippen LogP) is 4.32. The fraction of sp³-hybridized carbons (Fsp3) is 0.310. The fourth-order valence-electron chi connectivity index (χ4n) is 4.97. The van der Waals surface area contributed by atoms with Crippen LogP contribution in [0.2, 0.25) is 0 Å². The number of nitrogens with zero attached hydrogens (tertiary/aromatic N) is 7. The van der Waals surface area contributed by atoms with Crippen molar-refractivity contribution in [1.29, 1.82) is 5.26 Å². The van der Waals surface area contributed by atoms with Gasteiger partial charge in [-0.05, 0) is 43.4 Å². The number of aryl methyl sites for hydroxylation is 1. The summed E-state index contributed by atoms with van der Waals surface area (Å²) in [6.07, 6.45) is 10.3. The molecule has 0 spiro atoms. The van der Waals surface area contributed by atoms with Crippen molar-refractivity contribution in [2.75, 3.05) is 22.6 Å². The van der Waals surface area contributed by atoms with Gasteiger partial charge < -0.3 is 16.0 Å². The van der Waals surface area contributed by atoms with Crippen molar-refractivity contribution in [1.82, 2.24) is 30.0 Å². The molecule has 0 atom stereocenters.